The molecule has 4 nitrogen and oxygen atoms in total. The topological polar surface area (TPSA) is 58.4 Å². The number of nitrogens with zero attached hydrogens (tertiary/aromatic N) is 1. The molecule has 1 atom stereocenters. The van der Waals surface area contributed by atoms with Crippen molar-refractivity contribution in [1.82, 2.24) is 4.90 Å². The molecule has 1 fully saturated rings. The number of nitrogens with two attached hydrogens (primary N) is 1. The van der Waals surface area contributed by atoms with E-state index >= 15 is 0 Å². The fraction of sp³-hybridized carbons (Fsp3) is 0.562. The lowest BCUT2D eigenvalue weighted by Crippen LogP contribution is -2.32. The molecule has 0 saturated carbocycles. The van der Waals surface area contributed by atoms with Gasteiger partial charge in [-0.2, -0.15) is 0 Å². The van der Waals surface area contributed by atoms with Crippen LogP contribution in [0.25, 0.3) is 0 Å². The Kier molecular flexibility index (Phi) is 7.15. The highest BCUT2D eigenvalue weighted by molar-refractivity contribution is 5.94. The van der Waals surface area contributed by atoms with Gasteiger partial charge in [0.1, 0.15) is 0 Å². The zero-order chi connectivity index (χ0) is 14.5. The van der Waals surface area contributed by atoms with Gasteiger partial charge in [-0.15, -0.1) is 12.4 Å². The number of anilines is 1. The van der Waals surface area contributed by atoms with Crippen molar-refractivity contribution in [1.29, 1.82) is 0 Å². The molecule has 0 bridgehead atoms. The first-order valence-electron chi connectivity index (χ1n) is 7.42. The maximum absolute atomic E-state index is 11.5. The van der Waals surface area contributed by atoms with Crippen molar-refractivity contribution in [2.24, 2.45) is 11.7 Å². The molecule has 0 aliphatic carbocycles. The van der Waals surface area contributed by atoms with Crippen LogP contribution in [0.2, 0.25) is 0 Å². The third-order valence-corrected chi connectivity index (χ3v) is 3.92. The highest BCUT2D eigenvalue weighted by Crippen LogP contribution is 2.19. The number of amides is 1. The van der Waals surface area contributed by atoms with Crippen molar-refractivity contribution >= 4 is 24.0 Å². The minimum absolute atomic E-state index is 0. The van der Waals surface area contributed by atoms with Crippen molar-refractivity contribution in [3.8, 4) is 0 Å². The van der Waals surface area contributed by atoms with E-state index in [0.717, 1.165) is 18.2 Å². The van der Waals surface area contributed by atoms with Gasteiger partial charge in [-0.1, -0.05) is 19.1 Å². The number of piperidine rings is 1. The molecule has 0 radical (unpaired) electrons. The van der Waals surface area contributed by atoms with Crippen LogP contribution in [0, 0.1) is 5.92 Å². The van der Waals surface area contributed by atoms with Gasteiger partial charge in [0.2, 0.25) is 5.91 Å². The van der Waals surface area contributed by atoms with Crippen LogP contribution < -0.4 is 11.1 Å². The molecular weight excluding hydrogens is 286 g/mol. The smallest absolute Gasteiger partial charge is 0.240 e. The predicted molar refractivity (Wildman–Crippen MR) is 89.6 cm³/mol. The molecule has 1 amide bonds. The quantitative estimate of drug-likeness (QED) is 0.898. The summed E-state index contributed by atoms with van der Waals surface area (Å²) >= 11 is 0. The van der Waals surface area contributed by atoms with E-state index in [-0.39, 0.29) is 18.3 Å². The largest absolute Gasteiger partial charge is 0.325 e. The molecule has 1 aliphatic rings. The van der Waals surface area contributed by atoms with Crippen molar-refractivity contribution in [3.63, 3.8) is 0 Å². The summed E-state index contributed by atoms with van der Waals surface area (Å²) in [6.45, 7) is 7.37. The van der Waals surface area contributed by atoms with Crippen molar-refractivity contribution < 1.29 is 4.79 Å². The zero-order valence-corrected chi connectivity index (χ0v) is 13.7. The van der Waals surface area contributed by atoms with Crippen LogP contribution in [-0.4, -0.2) is 29.9 Å². The summed E-state index contributed by atoms with van der Waals surface area (Å²) in [6, 6.07) is 7.57. The van der Waals surface area contributed by atoms with Crippen LogP contribution >= 0.6 is 12.4 Å². The van der Waals surface area contributed by atoms with Crippen LogP contribution in [0.4, 0.5) is 5.69 Å². The minimum Gasteiger partial charge on any atom is -0.325 e. The van der Waals surface area contributed by atoms with Crippen LogP contribution in [-0.2, 0) is 11.3 Å². The van der Waals surface area contributed by atoms with E-state index in [1.165, 1.54) is 31.5 Å². The van der Waals surface area contributed by atoms with E-state index in [2.05, 4.69) is 29.3 Å². The second kappa shape index (κ2) is 8.37. The Morgan fingerprint density at radius 1 is 1.33 bits per heavy atom. The molecule has 0 spiro atoms. The number of nitrogens with one attached hydrogen (secondary N) is 1. The molecule has 1 heterocycles. The van der Waals surface area contributed by atoms with Gasteiger partial charge < -0.3 is 11.1 Å². The molecule has 0 aromatic heterocycles. The molecule has 1 aromatic carbocycles. The Morgan fingerprint density at radius 3 is 2.43 bits per heavy atom. The fourth-order valence-corrected chi connectivity index (χ4v) is 2.43. The van der Waals surface area contributed by atoms with Gasteiger partial charge in [0.15, 0.2) is 0 Å². The molecule has 1 unspecified atom stereocenters. The Hall–Kier alpha value is -1.10. The lowest BCUT2D eigenvalue weighted by atomic mass is 9.99. The second-order valence-corrected chi connectivity index (χ2v) is 5.93. The van der Waals surface area contributed by atoms with E-state index in [0.29, 0.717) is 0 Å². The van der Waals surface area contributed by atoms with E-state index in [9.17, 15) is 4.79 Å². The maximum Gasteiger partial charge on any atom is 0.240 e. The summed E-state index contributed by atoms with van der Waals surface area (Å²) in [4.78, 5) is 14.0. The monoisotopic (exact) mass is 311 g/mol. The van der Waals surface area contributed by atoms with Gasteiger partial charge in [-0.3, -0.25) is 9.69 Å². The van der Waals surface area contributed by atoms with Crippen LogP contribution in [0.15, 0.2) is 24.3 Å². The van der Waals surface area contributed by atoms with Crippen LogP contribution in [0.3, 0.4) is 0 Å². The number of rotatable bonds is 4. The van der Waals surface area contributed by atoms with E-state index in [4.69, 9.17) is 5.73 Å². The highest BCUT2D eigenvalue weighted by Gasteiger charge is 2.15. The lowest BCUT2D eigenvalue weighted by Gasteiger charge is -2.30. The van der Waals surface area contributed by atoms with Gasteiger partial charge in [0.25, 0.3) is 0 Å². The molecule has 5 heteroatoms. The third-order valence-electron chi connectivity index (χ3n) is 3.92. The lowest BCUT2D eigenvalue weighted by molar-refractivity contribution is -0.117. The molecule has 2 rings (SSSR count). The van der Waals surface area contributed by atoms with Gasteiger partial charge in [0, 0.05) is 12.2 Å². The Bertz CT molecular complexity index is 439. The van der Waals surface area contributed by atoms with Gasteiger partial charge in [0.05, 0.1) is 6.04 Å². The minimum atomic E-state index is -0.481. The molecule has 21 heavy (non-hydrogen) atoms. The van der Waals surface area contributed by atoms with E-state index in [1.54, 1.807) is 6.92 Å². The average Bonchev–Trinajstić information content (AvgIpc) is 2.43. The Labute approximate surface area is 133 Å². The van der Waals surface area contributed by atoms with Gasteiger partial charge in [-0.25, -0.2) is 0 Å². The first-order chi connectivity index (χ1) is 9.54. The number of hydrogen-bond donors (Lipinski definition) is 2. The van der Waals surface area contributed by atoms with Crippen molar-refractivity contribution in [2.45, 2.75) is 39.3 Å². The molecule has 3 N–H and O–H groups in total. The Morgan fingerprint density at radius 2 is 1.90 bits per heavy atom. The summed E-state index contributed by atoms with van der Waals surface area (Å²) < 4.78 is 0. The third kappa shape index (κ3) is 5.65. The summed E-state index contributed by atoms with van der Waals surface area (Å²) in [7, 11) is 0. The number of carbonyl (C=O) groups is 1. The molecular formula is C16H26ClN3O. The Balaban J connectivity index is 0.00000220. The predicted octanol–water partition coefficient (Wildman–Crippen LogP) is 2.63. The normalized spacial score (nSPS) is 17.9. The highest BCUT2D eigenvalue weighted by atomic mass is 35.5. The van der Waals surface area contributed by atoms with Crippen LogP contribution in [0.5, 0.6) is 0 Å². The maximum atomic E-state index is 11.5. The number of benzene rings is 1. The fourth-order valence-electron chi connectivity index (χ4n) is 2.43. The molecule has 1 aliphatic heterocycles. The average molecular weight is 312 g/mol. The summed E-state index contributed by atoms with van der Waals surface area (Å²) in [5.41, 5.74) is 7.63. The standard InChI is InChI=1S/C16H25N3O.ClH/c1-12-7-9-19(10-8-12)11-14-3-5-15(6-4-14)18-16(20)13(2)17;/h3-6,12-13H,7-11,17H2,1-2H3,(H,18,20);1H. The zero-order valence-electron chi connectivity index (χ0n) is 12.8. The summed E-state index contributed by atoms with van der Waals surface area (Å²) in [5, 5.41) is 2.80. The molecule has 1 saturated heterocycles. The number of likely N-dealkylation sites (tertiary alicyclic amines) is 1. The van der Waals surface area contributed by atoms with E-state index in [1.807, 2.05) is 12.1 Å². The number of carbonyl (C=O) groups excluding carboxylic acids is 1. The SMILES string of the molecule is CC1CCN(Cc2ccc(NC(=O)C(C)N)cc2)CC1.Cl. The number of halogens is 1. The van der Waals surface area contributed by atoms with E-state index < -0.39 is 6.04 Å². The van der Waals surface area contributed by atoms with Crippen molar-refractivity contribution in [3.05, 3.63) is 29.8 Å². The van der Waals surface area contributed by atoms with Crippen LogP contribution in [0.1, 0.15) is 32.3 Å². The number of hydrogen-bond acceptors (Lipinski definition) is 3. The summed E-state index contributed by atoms with van der Waals surface area (Å²) in [5.74, 6) is 0.713. The molecule has 118 valence electrons. The van der Waals surface area contributed by atoms with Crippen molar-refractivity contribution in [2.75, 3.05) is 18.4 Å². The second-order valence-electron chi connectivity index (χ2n) is 5.93. The van der Waals surface area contributed by atoms with Gasteiger partial charge in [-0.05, 0) is 56.5 Å². The first kappa shape index (κ1) is 18.0. The first-order valence-corrected chi connectivity index (χ1v) is 7.42. The summed E-state index contributed by atoms with van der Waals surface area (Å²) in [6.07, 6.45) is 2.59. The molecule has 1 aromatic rings. The van der Waals surface area contributed by atoms with Gasteiger partial charge >= 0.3 is 0 Å².